The molecule has 2 aromatic carbocycles. The van der Waals surface area contributed by atoms with Crippen LogP contribution in [-0.2, 0) is 0 Å². The minimum atomic E-state index is 0.838. The summed E-state index contributed by atoms with van der Waals surface area (Å²) in [4.78, 5) is 0. The lowest BCUT2D eigenvalue weighted by Crippen LogP contribution is -1.89. The Morgan fingerprint density at radius 1 is 0.941 bits per heavy atom. The van der Waals surface area contributed by atoms with Crippen molar-refractivity contribution < 1.29 is 9.47 Å². The number of ether oxygens (including phenoxy) is 2. The van der Waals surface area contributed by atoms with Crippen LogP contribution in [0.5, 0.6) is 11.5 Å². The molecule has 2 aromatic rings. The first kappa shape index (κ1) is 12.0. The Morgan fingerprint density at radius 2 is 1.76 bits per heavy atom. The number of benzene rings is 2. The second-order valence-electron chi connectivity index (χ2n) is 3.58. The third-order valence-corrected chi connectivity index (χ3v) is 3.04. The standard InChI is InChI=1S/C14H13BrO2/c1-16-12-5-3-4-10(8-12)13-9-11(15)6-7-14(13)17-2/h3-9H,1-2H3. The summed E-state index contributed by atoms with van der Waals surface area (Å²) in [6.45, 7) is 0. The summed E-state index contributed by atoms with van der Waals surface area (Å²) >= 11 is 3.47. The molecule has 0 N–H and O–H groups in total. The fraction of sp³-hybridized carbons (Fsp3) is 0.143. The van der Waals surface area contributed by atoms with E-state index in [1.165, 1.54) is 0 Å². The van der Waals surface area contributed by atoms with Gasteiger partial charge in [0.2, 0.25) is 0 Å². The van der Waals surface area contributed by atoms with Gasteiger partial charge in [-0.25, -0.2) is 0 Å². The zero-order valence-corrected chi connectivity index (χ0v) is 11.3. The SMILES string of the molecule is COc1cccc(-c2cc(Br)ccc2OC)c1. The van der Waals surface area contributed by atoms with Gasteiger partial charge in [-0.1, -0.05) is 28.1 Å². The van der Waals surface area contributed by atoms with Crippen LogP contribution in [0.1, 0.15) is 0 Å². The second kappa shape index (κ2) is 5.23. The second-order valence-corrected chi connectivity index (χ2v) is 4.49. The molecule has 0 amide bonds. The van der Waals surface area contributed by atoms with E-state index in [-0.39, 0.29) is 0 Å². The summed E-state index contributed by atoms with van der Waals surface area (Å²) in [5.74, 6) is 1.69. The first-order valence-corrected chi connectivity index (χ1v) is 6.02. The molecule has 2 rings (SSSR count). The van der Waals surface area contributed by atoms with Crippen LogP contribution in [0, 0.1) is 0 Å². The maximum atomic E-state index is 5.37. The van der Waals surface area contributed by atoms with E-state index < -0.39 is 0 Å². The van der Waals surface area contributed by atoms with E-state index in [0.717, 1.165) is 27.1 Å². The summed E-state index contributed by atoms with van der Waals surface area (Å²) in [5, 5.41) is 0. The number of hydrogen-bond acceptors (Lipinski definition) is 2. The van der Waals surface area contributed by atoms with Crippen LogP contribution >= 0.6 is 15.9 Å². The lowest BCUT2D eigenvalue weighted by molar-refractivity contribution is 0.413. The van der Waals surface area contributed by atoms with Gasteiger partial charge in [0.25, 0.3) is 0 Å². The van der Waals surface area contributed by atoms with Crippen molar-refractivity contribution in [3.8, 4) is 22.6 Å². The topological polar surface area (TPSA) is 18.5 Å². The fourth-order valence-electron chi connectivity index (χ4n) is 1.70. The van der Waals surface area contributed by atoms with Crippen molar-refractivity contribution in [3.63, 3.8) is 0 Å². The molecule has 0 aliphatic heterocycles. The molecule has 0 saturated carbocycles. The van der Waals surface area contributed by atoms with Crippen LogP contribution in [0.2, 0.25) is 0 Å². The molecule has 0 heterocycles. The van der Waals surface area contributed by atoms with Crippen LogP contribution in [0.3, 0.4) is 0 Å². The van der Waals surface area contributed by atoms with Gasteiger partial charge in [-0.05, 0) is 35.9 Å². The highest BCUT2D eigenvalue weighted by molar-refractivity contribution is 9.10. The first-order chi connectivity index (χ1) is 8.24. The molecule has 0 bridgehead atoms. The minimum absolute atomic E-state index is 0.838. The van der Waals surface area contributed by atoms with E-state index in [2.05, 4.69) is 15.9 Å². The zero-order valence-electron chi connectivity index (χ0n) is 9.74. The molecule has 0 saturated heterocycles. The van der Waals surface area contributed by atoms with Gasteiger partial charge in [-0.15, -0.1) is 0 Å². The van der Waals surface area contributed by atoms with Crippen LogP contribution in [-0.4, -0.2) is 14.2 Å². The first-order valence-electron chi connectivity index (χ1n) is 5.22. The van der Waals surface area contributed by atoms with E-state index in [4.69, 9.17) is 9.47 Å². The van der Waals surface area contributed by atoms with Crippen molar-refractivity contribution in [2.24, 2.45) is 0 Å². The number of hydrogen-bond donors (Lipinski definition) is 0. The Morgan fingerprint density at radius 3 is 2.47 bits per heavy atom. The minimum Gasteiger partial charge on any atom is -0.497 e. The quantitative estimate of drug-likeness (QED) is 0.847. The summed E-state index contributed by atoms with van der Waals surface area (Å²) in [6, 6.07) is 13.9. The van der Waals surface area contributed by atoms with Crippen molar-refractivity contribution in [3.05, 3.63) is 46.9 Å². The van der Waals surface area contributed by atoms with E-state index in [1.807, 2.05) is 42.5 Å². The van der Waals surface area contributed by atoms with Crippen molar-refractivity contribution >= 4 is 15.9 Å². The Balaban J connectivity index is 2.54. The predicted octanol–water partition coefficient (Wildman–Crippen LogP) is 4.13. The molecule has 0 spiro atoms. The number of methoxy groups -OCH3 is 2. The van der Waals surface area contributed by atoms with E-state index in [9.17, 15) is 0 Å². The Kier molecular flexibility index (Phi) is 3.69. The molecule has 2 nitrogen and oxygen atoms in total. The molecule has 0 unspecified atom stereocenters. The smallest absolute Gasteiger partial charge is 0.126 e. The molecule has 0 fully saturated rings. The van der Waals surface area contributed by atoms with Gasteiger partial charge in [0.15, 0.2) is 0 Å². The summed E-state index contributed by atoms with van der Waals surface area (Å²) in [7, 11) is 3.34. The monoisotopic (exact) mass is 292 g/mol. The number of rotatable bonds is 3. The summed E-state index contributed by atoms with van der Waals surface area (Å²) in [5.41, 5.74) is 2.11. The van der Waals surface area contributed by atoms with Gasteiger partial charge in [0.1, 0.15) is 11.5 Å². The largest absolute Gasteiger partial charge is 0.497 e. The highest BCUT2D eigenvalue weighted by Crippen LogP contribution is 2.33. The van der Waals surface area contributed by atoms with Gasteiger partial charge >= 0.3 is 0 Å². The van der Waals surface area contributed by atoms with Gasteiger partial charge in [0.05, 0.1) is 14.2 Å². The van der Waals surface area contributed by atoms with Crippen LogP contribution < -0.4 is 9.47 Å². The lowest BCUT2D eigenvalue weighted by Gasteiger charge is -2.10. The Bertz CT molecular complexity index is 523. The van der Waals surface area contributed by atoms with Gasteiger partial charge in [-0.3, -0.25) is 0 Å². The van der Waals surface area contributed by atoms with Crippen molar-refractivity contribution in [1.29, 1.82) is 0 Å². The molecule has 0 radical (unpaired) electrons. The summed E-state index contributed by atoms with van der Waals surface area (Å²) < 4.78 is 11.6. The molecule has 3 heteroatoms. The number of halogens is 1. The molecule has 0 aliphatic carbocycles. The van der Waals surface area contributed by atoms with Crippen molar-refractivity contribution in [1.82, 2.24) is 0 Å². The Hall–Kier alpha value is -1.48. The molecule has 0 atom stereocenters. The van der Waals surface area contributed by atoms with E-state index in [1.54, 1.807) is 14.2 Å². The average Bonchev–Trinajstić information content (AvgIpc) is 2.39. The summed E-state index contributed by atoms with van der Waals surface area (Å²) in [6.07, 6.45) is 0. The maximum absolute atomic E-state index is 5.37. The van der Waals surface area contributed by atoms with Crippen molar-refractivity contribution in [2.75, 3.05) is 14.2 Å². The third kappa shape index (κ3) is 2.61. The third-order valence-electron chi connectivity index (χ3n) is 2.54. The van der Waals surface area contributed by atoms with Crippen molar-refractivity contribution in [2.45, 2.75) is 0 Å². The highest BCUT2D eigenvalue weighted by atomic mass is 79.9. The van der Waals surface area contributed by atoms with Gasteiger partial charge < -0.3 is 9.47 Å². The normalized spacial score (nSPS) is 10.1. The molecular formula is C14H13BrO2. The van der Waals surface area contributed by atoms with Crippen LogP contribution in [0.15, 0.2) is 46.9 Å². The molecule has 0 aliphatic rings. The lowest BCUT2D eigenvalue weighted by atomic mass is 10.0. The zero-order chi connectivity index (χ0) is 12.3. The molecule has 88 valence electrons. The maximum Gasteiger partial charge on any atom is 0.126 e. The van der Waals surface area contributed by atoms with Gasteiger partial charge in [0, 0.05) is 10.0 Å². The van der Waals surface area contributed by atoms with Crippen LogP contribution in [0.25, 0.3) is 11.1 Å². The predicted molar refractivity (Wildman–Crippen MR) is 72.7 cm³/mol. The Labute approximate surface area is 109 Å². The fourth-order valence-corrected chi connectivity index (χ4v) is 2.06. The molecule has 0 aromatic heterocycles. The molecule has 17 heavy (non-hydrogen) atoms. The molecular weight excluding hydrogens is 280 g/mol. The van der Waals surface area contributed by atoms with E-state index >= 15 is 0 Å². The highest BCUT2D eigenvalue weighted by Gasteiger charge is 2.07. The van der Waals surface area contributed by atoms with Crippen LogP contribution in [0.4, 0.5) is 0 Å². The average molecular weight is 293 g/mol. The van der Waals surface area contributed by atoms with Gasteiger partial charge in [-0.2, -0.15) is 0 Å². The van der Waals surface area contributed by atoms with E-state index in [0.29, 0.717) is 0 Å².